The van der Waals surface area contributed by atoms with Crippen LogP contribution in [0.4, 0.5) is 10.1 Å². The molecule has 0 amide bonds. The van der Waals surface area contributed by atoms with Gasteiger partial charge in [0.15, 0.2) is 5.75 Å². The third-order valence-corrected chi connectivity index (χ3v) is 5.16. The van der Waals surface area contributed by atoms with Crippen LogP contribution in [-0.2, 0) is 6.61 Å². The Kier molecular flexibility index (Phi) is 6.09. The summed E-state index contributed by atoms with van der Waals surface area (Å²) in [4.78, 5) is 15.6. The van der Waals surface area contributed by atoms with Crippen LogP contribution >= 0.6 is 0 Å². The number of hydrogen-bond donors (Lipinski definition) is 0. The van der Waals surface area contributed by atoms with Gasteiger partial charge in [0.2, 0.25) is 0 Å². The fraction of sp³-hybridized carbons (Fsp3) is 0.0769. The molecule has 0 N–H and O–H groups in total. The van der Waals surface area contributed by atoms with Gasteiger partial charge >= 0.3 is 5.69 Å². The predicted octanol–water partition coefficient (Wildman–Crippen LogP) is 6.22. The number of benzene rings is 3. The zero-order valence-corrected chi connectivity index (χ0v) is 17.7. The van der Waals surface area contributed by atoms with Gasteiger partial charge in [0.1, 0.15) is 18.5 Å². The second-order valence-electron chi connectivity index (χ2n) is 7.35. The number of nitro benzene ring substituents is 1. The second kappa shape index (κ2) is 9.28. The summed E-state index contributed by atoms with van der Waals surface area (Å²) in [5.41, 5.74) is 4.18. The highest BCUT2D eigenvalue weighted by Crippen LogP contribution is 2.36. The molecule has 3 aromatic carbocycles. The predicted molar refractivity (Wildman–Crippen MR) is 122 cm³/mol. The van der Waals surface area contributed by atoms with Crippen LogP contribution in [0.2, 0.25) is 0 Å². The SMILES string of the molecule is Cc1nc(-c2ccccc2)cc(-c2ccc([N+](=O)[O-])c(OCc3ccc(F)cc3)c2)c1C#N. The van der Waals surface area contributed by atoms with E-state index in [2.05, 4.69) is 11.1 Å². The van der Waals surface area contributed by atoms with Gasteiger partial charge in [-0.3, -0.25) is 15.1 Å². The molecule has 0 bridgehead atoms. The first-order valence-corrected chi connectivity index (χ1v) is 10.1. The van der Waals surface area contributed by atoms with Crippen molar-refractivity contribution in [2.45, 2.75) is 13.5 Å². The lowest BCUT2D eigenvalue weighted by molar-refractivity contribution is -0.385. The minimum atomic E-state index is -0.526. The standard InChI is InChI=1S/C26H18FN3O3/c1-17-23(15-28)22(14-24(29-17)19-5-3-2-4-6-19)20-9-12-25(30(31)32)26(13-20)33-16-18-7-10-21(27)11-8-18/h2-14H,16H2,1H3. The lowest BCUT2D eigenvalue weighted by Gasteiger charge is -2.13. The van der Waals surface area contributed by atoms with Gasteiger partial charge in [0, 0.05) is 17.2 Å². The Hall–Kier alpha value is -4.57. The fourth-order valence-electron chi connectivity index (χ4n) is 3.49. The molecule has 162 valence electrons. The van der Waals surface area contributed by atoms with Crippen LogP contribution in [0.3, 0.4) is 0 Å². The molecule has 0 saturated carbocycles. The number of hydrogen-bond acceptors (Lipinski definition) is 5. The van der Waals surface area contributed by atoms with Gasteiger partial charge in [0.25, 0.3) is 0 Å². The molecule has 1 heterocycles. The maximum absolute atomic E-state index is 13.2. The molecule has 0 aliphatic heterocycles. The molecule has 0 atom stereocenters. The van der Waals surface area contributed by atoms with Crippen LogP contribution in [0.5, 0.6) is 5.75 Å². The minimum Gasteiger partial charge on any atom is -0.482 e. The summed E-state index contributed by atoms with van der Waals surface area (Å²) in [6, 6.07) is 23.7. The molecule has 0 radical (unpaired) electrons. The topological polar surface area (TPSA) is 89.1 Å². The number of ether oxygens (including phenoxy) is 1. The van der Waals surface area contributed by atoms with Crippen LogP contribution in [0, 0.1) is 34.2 Å². The average molecular weight is 439 g/mol. The lowest BCUT2D eigenvalue weighted by Crippen LogP contribution is -2.01. The van der Waals surface area contributed by atoms with Crippen molar-refractivity contribution in [3.63, 3.8) is 0 Å². The van der Waals surface area contributed by atoms with Gasteiger partial charge in [-0.05, 0) is 48.4 Å². The second-order valence-corrected chi connectivity index (χ2v) is 7.35. The Morgan fingerprint density at radius 1 is 1.03 bits per heavy atom. The van der Waals surface area contributed by atoms with Crippen LogP contribution in [0.1, 0.15) is 16.8 Å². The summed E-state index contributed by atoms with van der Waals surface area (Å²) >= 11 is 0. The first-order chi connectivity index (χ1) is 16.0. The van der Waals surface area contributed by atoms with Gasteiger partial charge in [0.05, 0.1) is 21.9 Å². The third kappa shape index (κ3) is 4.70. The zero-order valence-electron chi connectivity index (χ0n) is 17.7. The number of halogens is 1. The number of pyridine rings is 1. The van der Waals surface area contributed by atoms with E-state index in [4.69, 9.17) is 4.74 Å². The molecule has 6 nitrogen and oxygen atoms in total. The normalized spacial score (nSPS) is 10.5. The summed E-state index contributed by atoms with van der Waals surface area (Å²) in [6.45, 7) is 1.78. The largest absolute Gasteiger partial charge is 0.482 e. The monoisotopic (exact) mass is 439 g/mol. The highest BCUT2D eigenvalue weighted by Gasteiger charge is 2.19. The van der Waals surface area contributed by atoms with Crippen molar-refractivity contribution >= 4 is 5.69 Å². The van der Waals surface area contributed by atoms with Crippen molar-refractivity contribution in [2.75, 3.05) is 0 Å². The van der Waals surface area contributed by atoms with Crippen molar-refractivity contribution in [1.82, 2.24) is 4.98 Å². The number of nitrogens with zero attached hydrogens (tertiary/aromatic N) is 3. The molecule has 33 heavy (non-hydrogen) atoms. The number of nitriles is 1. The van der Waals surface area contributed by atoms with E-state index >= 15 is 0 Å². The first-order valence-electron chi connectivity index (χ1n) is 10.1. The lowest BCUT2D eigenvalue weighted by atomic mass is 9.96. The summed E-state index contributed by atoms with van der Waals surface area (Å²) in [5.74, 6) is -0.320. The number of nitro groups is 1. The van der Waals surface area contributed by atoms with E-state index in [0.717, 1.165) is 5.56 Å². The van der Waals surface area contributed by atoms with E-state index in [0.29, 0.717) is 33.6 Å². The maximum atomic E-state index is 13.2. The fourth-order valence-corrected chi connectivity index (χ4v) is 3.49. The van der Waals surface area contributed by atoms with E-state index < -0.39 is 4.92 Å². The highest BCUT2D eigenvalue weighted by atomic mass is 19.1. The smallest absolute Gasteiger partial charge is 0.310 e. The molecule has 0 spiro atoms. The molecule has 4 rings (SSSR count). The summed E-state index contributed by atoms with van der Waals surface area (Å²) < 4.78 is 18.9. The third-order valence-electron chi connectivity index (χ3n) is 5.16. The van der Waals surface area contributed by atoms with Crippen molar-refractivity contribution in [2.24, 2.45) is 0 Å². The summed E-state index contributed by atoms with van der Waals surface area (Å²) in [7, 11) is 0. The Labute approximate surface area is 189 Å². The molecule has 0 aliphatic carbocycles. The summed E-state index contributed by atoms with van der Waals surface area (Å²) in [5, 5.41) is 21.3. The first kappa shape index (κ1) is 21.7. The summed E-state index contributed by atoms with van der Waals surface area (Å²) in [6.07, 6.45) is 0. The van der Waals surface area contributed by atoms with Crippen molar-refractivity contribution in [3.05, 3.63) is 112 Å². The molecular formula is C26H18FN3O3. The van der Waals surface area contributed by atoms with Crippen molar-refractivity contribution < 1.29 is 14.1 Å². The van der Waals surface area contributed by atoms with Gasteiger partial charge in [-0.2, -0.15) is 5.26 Å². The van der Waals surface area contributed by atoms with Crippen LogP contribution in [0.25, 0.3) is 22.4 Å². The van der Waals surface area contributed by atoms with Crippen LogP contribution in [0.15, 0.2) is 78.9 Å². The zero-order chi connectivity index (χ0) is 23.4. The van der Waals surface area contributed by atoms with Crippen LogP contribution in [-0.4, -0.2) is 9.91 Å². The van der Waals surface area contributed by atoms with E-state index in [-0.39, 0.29) is 23.9 Å². The molecule has 4 aromatic rings. The van der Waals surface area contributed by atoms with E-state index in [1.807, 2.05) is 30.3 Å². The highest BCUT2D eigenvalue weighted by molar-refractivity contribution is 5.78. The molecule has 0 unspecified atom stereocenters. The molecule has 0 fully saturated rings. The molecule has 1 aromatic heterocycles. The average Bonchev–Trinajstić information content (AvgIpc) is 2.83. The molecule has 0 aliphatic rings. The Balaban J connectivity index is 1.78. The number of aryl methyl sites for hydroxylation is 1. The van der Waals surface area contributed by atoms with E-state index in [1.54, 1.807) is 37.3 Å². The molecular weight excluding hydrogens is 421 g/mol. The van der Waals surface area contributed by atoms with Gasteiger partial charge < -0.3 is 4.74 Å². The van der Waals surface area contributed by atoms with Crippen molar-refractivity contribution in [1.29, 1.82) is 5.26 Å². The minimum absolute atomic E-state index is 0.0281. The quantitative estimate of drug-likeness (QED) is 0.263. The van der Waals surface area contributed by atoms with Crippen LogP contribution < -0.4 is 4.74 Å². The maximum Gasteiger partial charge on any atom is 0.310 e. The van der Waals surface area contributed by atoms with Gasteiger partial charge in [-0.25, -0.2) is 4.39 Å². The molecule has 7 heteroatoms. The van der Waals surface area contributed by atoms with E-state index in [1.165, 1.54) is 18.2 Å². The Morgan fingerprint density at radius 3 is 2.42 bits per heavy atom. The Bertz CT molecular complexity index is 1360. The van der Waals surface area contributed by atoms with E-state index in [9.17, 15) is 19.8 Å². The number of rotatable bonds is 6. The van der Waals surface area contributed by atoms with Crippen molar-refractivity contribution in [3.8, 4) is 34.2 Å². The number of aromatic nitrogens is 1. The Morgan fingerprint density at radius 2 is 1.76 bits per heavy atom. The molecule has 0 saturated heterocycles. The van der Waals surface area contributed by atoms with Gasteiger partial charge in [-0.15, -0.1) is 0 Å². The van der Waals surface area contributed by atoms with Gasteiger partial charge in [-0.1, -0.05) is 42.5 Å².